The second-order valence-corrected chi connectivity index (χ2v) is 3.80. The molecule has 0 spiro atoms. The maximum absolute atomic E-state index is 10.5. The van der Waals surface area contributed by atoms with Gasteiger partial charge in [-0.15, -0.1) is 0 Å². The van der Waals surface area contributed by atoms with E-state index in [2.05, 4.69) is 0 Å². The first-order valence-electron chi connectivity index (χ1n) is 3.95. The monoisotopic (exact) mass is 215 g/mol. The number of nitro groups is 1. The van der Waals surface area contributed by atoms with Crippen LogP contribution in [0.5, 0.6) is 0 Å². The zero-order valence-electron chi connectivity index (χ0n) is 7.25. The molecule has 0 fully saturated rings. The van der Waals surface area contributed by atoms with Gasteiger partial charge in [-0.2, -0.15) is 0 Å². The molecule has 0 unspecified atom stereocenters. The lowest BCUT2D eigenvalue weighted by Crippen LogP contribution is -1.99. The molecule has 0 aliphatic heterocycles. The summed E-state index contributed by atoms with van der Waals surface area (Å²) in [5, 5.41) is 10.5. The van der Waals surface area contributed by atoms with E-state index in [0.29, 0.717) is 5.56 Å². The van der Waals surface area contributed by atoms with Crippen molar-refractivity contribution in [2.24, 2.45) is 0 Å². The van der Waals surface area contributed by atoms with Crippen LogP contribution in [0.2, 0.25) is 0 Å². The van der Waals surface area contributed by atoms with E-state index in [4.69, 9.17) is 0 Å². The molecule has 14 heavy (non-hydrogen) atoms. The Bertz CT molecular complexity index is 406. The van der Waals surface area contributed by atoms with Crippen LogP contribution < -0.4 is 0 Å². The molecule has 0 amide bonds. The third kappa shape index (κ3) is 2.81. The Morgan fingerprint density at radius 2 is 1.93 bits per heavy atom. The van der Waals surface area contributed by atoms with Crippen LogP contribution in [0.15, 0.2) is 24.3 Å². The van der Waals surface area contributed by atoms with Crippen LogP contribution in [0.4, 0.5) is 5.69 Å². The minimum atomic E-state index is -2.48. The highest BCUT2D eigenvalue weighted by Gasteiger charge is 2.11. The summed E-state index contributed by atoms with van der Waals surface area (Å²) in [6.07, 6.45) is 0.190. The van der Waals surface area contributed by atoms with Gasteiger partial charge in [0.1, 0.15) is 10.7 Å². The van der Waals surface area contributed by atoms with Crippen molar-refractivity contribution in [1.82, 2.24) is 0 Å². The van der Waals surface area contributed by atoms with Crippen molar-refractivity contribution in [2.45, 2.75) is 6.42 Å². The van der Waals surface area contributed by atoms with Crippen LogP contribution in [-0.4, -0.2) is 19.1 Å². The SMILES string of the molecule is O=[N+]([O-])c1ccccc1CC[SH](=O)=O. The van der Waals surface area contributed by atoms with Crippen molar-refractivity contribution < 1.29 is 13.3 Å². The summed E-state index contributed by atoms with van der Waals surface area (Å²) in [5.41, 5.74) is 0.432. The van der Waals surface area contributed by atoms with E-state index in [-0.39, 0.29) is 17.9 Å². The van der Waals surface area contributed by atoms with Crippen molar-refractivity contribution in [3.05, 3.63) is 39.9 Å². The summed E-state index contributed by atoms with van der Waals surface area (Å²) < 4.78 is 20.6. The predicted molar refractivity (Wildman–Crippen MR) is 52.0 cm³/mol. The third-order valence-corrected chi connectivity index (χ3v) is 2.34. The maximum atomic E-state index is 10.5. The number of para-hydroxylation sites is 1. The quantitative estimate of drug-likeness (QED) is 0.456. The van der Waals surface area contributed by atoms with Crippen molar-refractivity contribution >= 4 is 16.4 Å². The smallest absolute Gasteiger partial charge is 0.258 e. The van der Waals surface area contributed by atoms with Crippen LogP contribution >= 0.6 is 0 Å². The zero-order chi connectivity index (χ0) is 10.6. The van der Waals surface area contributed by atoms with E-state index in [1.807, 2.05) is 0 Å². The molecule has 0 bridgehead atoms. The normalized spacial score (nSPS) is 10.4. The van der Waals surface area contributed by atoms with E-state index < -0.39 is 15.6 Å². The minimum Gasteiger partial charge on any atom is -0.258 e. The van der Waals surface area contributed by atoms with Crippen LogP contribution in [0.1, 0.15) is 5.56 Å². The van der Waals surface area contributed by atoms with Crippen LogP contribution in [0, 0.1) is 10.1 Å². The Balaban J connectivity index is 2.90. The fraction of sp³-hybridized carbons (Fsp3) is 0.250. The molecular weight excluding hydrogens is 206 g/mol. The van der Waals surface area contributed by atoms with Gasteiger partial charge >= 0.3 is 0 Å². The summed E-state index contributed by atoms with van der Waals surface area (Å²) in [5.74, 6) is -0.0554. The summed E-state index contributed by atoms with van der Waals surface area (Å²) in [7, 11) is -2.48. The number of hydrogen-bond acceptors (Lipinski definition) is 4. The van der Waals surface area contributed by atoms with Crippen molar-refractivity contribution in [3.8, 4) is 0 Å². The highest BCUT2D eigenvalue weighted by molar-refractivity contribution is 7.72. The highest BCUT2D eigenvalue weighted by Crippen LogP contribution is 2.17. The molecule has 6 heteroatoms. The number of nitrogens with zero attached hydrogens (tertiary/aromatic N) is 1. The predicted octanol–water partition coefficient (Wildman–Crippen LogP) is 0.749. The molecule has 0 saturated heterocycles. The van der Waals surface area contributed by atoms with Gasteiger partial charge in [0.15, 0.2) is 0 Å². The second-order valence-electron chi connectivity index (χ2n) is 2.69. The van der Waals surface area contributed by atoms with Crippen molar-refractivity contribution in [1.29, 1.82) is 0 Å². The molecule has 1 aromatic carbocycles. The van der Waals surface area contributed by atoms with Gasteiger partial charge in [-0.25, -0.2) is 8.42 Å². The van der Waals surface area contributed by atoms with Gasteiger partial charge in [-0.05, 0) is 6.42 Å². The summed E-state index contributed by atoms with van der Waals surface area (Å²) in [6, 6.07) is 6.14. The molecule has 0 saturated carbocycles. The number of nitro benzene ring substituents is 1. The molecule has 0 aliphatic rings. The molecule has 1 rings (SSSR count). The van der Waals surface area contributed by atoms with Gasteiger partial charge in [-0.1, -0.05) is 18.2 Å². The van der Waals surface area contributed by atoms with Crippen LogP contribution in [0.3, 0.4) is 0 Å². The molecular formula is C8H9NO4S. The lowest BCUT2D eigenvalue weighted by molar-refractivity contribution is -0.385. The molecule has 0 aromatic heterocycles. The lowest BCUT2D eigenvalue weighted by Gasteiger charge is -1.98. The molecule has 1 aromatic rings. The average molecular weight is 215 g/mol. The van der Waals surface area contributed by atoms with Crippen LogP contribution in [-0.2, 0) is 17.1 Å². The number of hydrogen-bond donors (Lipinski definition) is 1. The third-order valence-electron chi connectivity index (χ3n) is 1.75. The van der Waals surface area contributed by atoms with E-state index in [1.54, 1.807) is 18.2 Å². The number of benzene rings is 1. The van der Waals surface area contributed by atoms with E-state index in [9.17, 15) is 18.5 Å². The number of aryl methyl sites for hydroxylation is 1. The Kier molecular flexibility index (Phi) is 3.58. The first-order valence-corrected chi connectivity index (χ1v) is 5.31. The van der Waals surface area contributed by atoms with Crippen LogP contribution in [0.25, 0.3) is 0 Å². The first kappa shape index (κ1) is 10.6. The maximum Gasteiger partial charge on any atom is 0.272 e. The van der Waals surface area contributed by atoms with Gasteiger partial charge in [0.05, 0.1) is 10.7 Å². The fourth-order valence-electron chi connectivity index (χ4n) is 1.11. The molecule has 0 atom stereocenters. The standard InChI is InChI=1S/C8H9NO4S/c10-9(11)8-4-2-1-3-7(8)5-6-14(12)13/h1-4,14H,5-6H2. The Hall–Kier alpha value is -1.43. The van der Waals surface area contributed by atoms with Gasteiger partial charge in [0.2, 0.25) is 0 Å². The highest BCUT2D eigenvalue weighted by atomic mass is 32.2. The van der Waals surface area contributed by atoms with E-state index in [1.165, 1.54) is 6.07 Å². The average Bonchev–Trinajstić information content (AvgIpc) is 2.15. The summed E-state index contributed by atoms with van der Waals surface area (Å²) >= 11 is 0. The molecule has 0 N–H and O–H groups in total. The number of thiol groups is 1. The Labute approximate surface area is 82.5 Å². The van der Waals surface area contributed by atoms with E-state index in [0.717, 1.165) is 0 Å². The second kappa shape index (κ2) is 4.71. The van der Waals surface area contributed by atoms with E-state index >= 15 is 0 Å². The molecule has 0 heterocycles. The largest absolute Gasteiger partial charge is 0.272 e. The lowest BCUT2D eigenvalue weighted by atomic mass is 10.1. The fourth-order valence-corrected chi connectivity index (χ4v) is 1.54. The molecule has 5 nitrogen and oxygen atoms in total. The Morgan fingerprint density at radius 1 is 1.29 bits per heavy atom. The minimum absolute atomic E-state index is 0.0237. The van der Waals surface area contributed by atoms with Gasteiger partial charge in [-0.3, -0.25) is 10.1 Å². The number of rotatable bonds is 4. The van der Waals surface area contributed by atoms with Crippen molar-refractivity contribution in [2.75, 3.05) is 5.75 Å². The summed E-state index contributed by atoms with van der Waals surface area (Å²) in [6.45, 7) is 0. The molecule has 0 radical (unpaired) electrons. The molecule has 76 valence electrons. The van der Waals surface area contributed by atoms with Crippen molar-refractivity contribution in [3.63, 3.8) is 0 Å². The topological polar surface area (TPSA) is 77.3 Å². The zero-order valence-corrected chi connectivity index (χ0v) is 8.15. The van der Waals surface area contributed by atoms with Gasteiger partial charge in [0.25, 0.3) is 5.69 Å². The van der Waals surface area contributed by atoms with Gasteiger partial charge < -0.3 is 0 Å². The van der Waals surface area contributed by atoms with Gasteiger partial charge in [0, 0.05) is 11.6 Å². The Morgan fingerprint density at radius 3 is 2.50 bits per heavy atom. The summed E-state index contributed by atoms with van der Waals surface area (Å²) in [4.78, 5) is 10.0. The first-order chi connectivity index (χ1) is 6.61. The molecule has 0 aliphatic carbocycles.